The molecule has 0 fully saturated rings. The predicted octanol–water partition coefficient (Wildman–Crippen LogP) is 7.36. The topological polar surface area (TPSA) is 74.6 Å². The summed E-state index contributed by atoms with van der Waals surface area (Å²) in [6.45, 7) is 5.95. The summed E-state index contributed by atoms with van der Waals surface area (Å²) in [6, 6.07) is 0. The van der Waals surface area contributed by atoms with Crippen LogP contribution in [0, 0.1) is 0 Å². The third-order valence-electron chi connectivity index (χ3n) is 3.92. The summed E-state index contributed by atoms with van der Waals surface area (Å²) in [5.74, 6) is -0.703. The van der Waals surface area contributed by atoms with Crippen molar-refractivity contribution in [2.45, 2.75) is 90.4 Å². The zero-order valence-electron chi connectivity index (χ0n) is 17.6. The summed E-state index contributed by atoms with van der Waals surface area (Å²) < 4.78 is 0. The van der Waals surface area contributed by atoms with E-state index in [-0.39, 0.29) is 12.8 Å². The number of rotatable bonds is 19. The van der Waals surface area contributed by atoms with Crippen molar-refractivity contribution >= 4 is 35.5 Å². The monoisotopic (exact) mass is 432 g/mol. The van der Waals surface area contributed by atoms with Crippen LogP contribution in [0.2, 0.25) is 0 Å². The number of carboxylic acid groups (broad SMARTS) is 2. The molecule has 0 aliphatic rings. The number of thioether (sulfide) groups is 2. The van der Waals surface area contributed by atoms with Crippen molar-refractivity contribution in [2.24, 2.45) is 0 Å². The van der Waals surface area contributed by atoms with Crippen LogP contribution in [0.1, 0.15) is 90.4 Å². The molecule has 0 unspecified atom stereocenters. The van der Waals surface area contributed by atoms with Crippen LogP contribution >= 0.6 is 23.5 Å². The van der Waals surface area contributed by atoms with Gasteiger partial charge in [-0.3, -0.25) is 9.59 Å². The molecule has 0 aliphatic heterocycles. The largest absolute Gasteiger partial charge is 0.481 e. The fourth-order valence-corrected chi connectivity index (χ4v) is 3.55. The second kappa shape index (κ2) is 26.1. The lowest BCUT2D eigenvalue weighted by molar-refractivity contribution is -0.137. The number of unbranched alkanes of at least 4 members (excludes halogenated alkanes) is 10. The lowest BCUT2D eigenvalue weighted by Crippen LogP contribution is -1.99. The molecule has 0 bridgehead atoms. The molecule has 4 nitrogen and oxygen atoms in total. The van der Waals surface area contributed by atoms with Crippen LogP contribution in [-0.4, -0.2) is 33.7 Å². The summed E-state index contributed by atoms with van der Waals surface area (Å²) >= 11 is 3.02. The van der Waals surface area contributed by atoms with Crippen LogP contribution in [0.15, 0.2) is 23.5 Å². The van der Waals surface area contributed by atoms with Gasteiger partial charge in [-0.2, -0.15) is 11.8 Å². The van der Waals surface area contributed by atoms with Gasteiger partial charge in [-0.1, -0.05) is 77.4 Å². The normalized spacial score (nSPS) is 10.5. The number of hydrogen-bond donors (Lipinski definition) is 2. The molecule has 0 atom stereocenters. The van der Waals surface area contributed by atoms with Gasteiger partial charge < -0.3 is 10.2 Å². The van der Waals surface area contributed by atoms with Gasteiger partial charge in [0, 0.05) is 11.5 Å². The summed E-state index contributed by atoms with van der Waals surface area (Å²) in [5.41, 5.74) is 0. The van der Waals surface area contributed by atoms with Crippen LogP contribution in [0.4, 0.5) is 0 Å². The quantitative estimate of drug-likeness (QED) is 0.208. The van der Waals surface area contributed by atoms with Crippen molar-refractivity contribution in [3.8, 4) is 0 Å². The van der Waals surface area contributed by atoms with E-state index in [9.17, 15) is 9.59 Å². The van der Waals surface area contributed by atoms with E-state index in [1.54, 1.807) is 11.8 Å². The Morgan fingerprint density at radius 1 is 0.821 bits per heavy atom. The lowest BCUT2D eigenvalue weighted by atomic mass is 10.1. The highest BCUT2D eigenvalue weighted by molar-refractivity contribution is 8.04. The average Bonchev–Trinajstić information content (AvgIpc) is 2.65. The Hall–Kier alpha value is -0.880. The molecule has 0 heterocycles. The zero-order valence-corrected chi connectivity index (χ0v) is 19.2. The van der Waals surface area contributed by atoms with E-state index in [1.165, 1.54) is 82.4 Å². The first-order valence-electron chi connectivity index (χ1n) is 10.5. The molecule has 0 aromatic carbocycles. The SMILES string of the molecule is C=CSC=CCCCCCCCCCCCC.O=C(O)CCSCCC(=O)O. The standard InChI is InChI=1S/C16H30S.C6H10O4S/c1-3-5-6-7-8-9-10-11-12-13-14-15-16-17-4-2;7-5(8)1-3-11-4-2-6(9)10/h4,15-16H,2-3,5-14H2,1H3;1-4H2,(H,7,8)(H,9,10). The minimum atomic E-state index is -0.840. The van der Waals surface area contributed by atoms with E-state index in [0.29, 0.717) is 11.5 Å². The number of aliphatic carboxylic acids is 2. The smallest absolute Gasteiger partial charge is 0.304 e. The second-order valence-corrected chi connectivity index (χ2v) is 8.65. The molecule has 0 aromatic rings. The lowest BCUT2D eigenvalue weighted by Gasteiger charge is -2.01. The van der Waals surface area contributed by atoms with Gasteiger partial charge in [0.2, 0.25) is 0 Å². The maximum Gasteiger partial charge on any atom is 0.304 e. The van der Waals surface area contributed by atoms with Crippen molar-refractivity contribution in [1.29, 1.82) is 0 Å². The number of hydrogen-bond acceptors (Lipinski definition) is 4. The van der Waals surface area contributed by atoms with Crippen molar-refractivity contribution < 1.29 is 19.8 Å². The van der Waals surface area contributed by atoms with Gasteiger partial charge in [-0.05, 0) is 23.7 Å². The van der Waals surface area contributed by atoms with E-state index >= 15 is 0 Å². The highest BCUT2D eigenvalue weighted by atomic mass is 32.2. The van der Waals surface area contributed by atoms with Crippen molar-refractivity contribution in [2.75, 3.05) is 11.5 Å². The predicted molar refractivity (Wildman–Crippen MR) is 125 cm³/mol. The third-order valence-corrected chi connectivity index (χ3v) is 5.44. The molecule has 0 radical (unpaired) electrons. The highest BCUT2D eigenvalue weighted by Gasteiger charge is 1.99. The van der Waals surface area contributed by atoms with Gasteiger partial charge >= 0.3 is 11.9 Å². The van der Waals surface area contributed by atoms with Crippen LogP contribution in [-0.2, 0) is 9.59 Å². The van der Waals surface area contributed by atoms with Gasteiger partial charge in [-0.25, -0.2) is 0 Å². The van der Waals surface area contributed by atoms with Crippen molar-refractivity contribution in [3.63, 3.8) is 0 Å². The minimum Gasteiger partial charge on any atom is -0.481 e. The summed E-state index contributed by atoms with van der Waals surface area (Å²) in [7, 11) is 0. The fraction of sp³-hybridized carbons (Fsp3) is 0.727. The Labute approximate surface area is 180 Å². The van der Waals surface area contributed by atoms with Crippen LogP contribution in [0.5, 0.6) is 0 Å². The van der Waals surface area contributed by atoms with Gasteiger partial charge in [0.05, 0.1) is 12.8 Å². The van der Waals surface area contributed by atoms with Crippen molar-refractivity contribution in [1.82, 2.24) is 0 Å². The van der Waals surface area contributed by atoms with Gasteiger partial charge in [0.1, 0.15) is 0 Å². The van der Waals surface area contributed by atoms with E-state index in [1.807, 2.05) is 5.41 Å². The van der Waals surface area contributed by atoms with Crippen LogP contribution < -0.4 is 0 Å². The Morgan fingerprint density at radius 3 is 1.71 bits per heavy atom. The number of allylic oxidation sites excluding steroid dienone is 1. The molecule has 0 rings (SSSR count). The molecule has 0 saturated carbocycles. The van der Waals surface area contributed by atoms with E-state index in [0.717, 1.165) is 0 Å². The summed E-state index contributed by atoms with van der Waals surface area (Å²) in [4.78, 5) is 19.9. The molecule has 0 aliphatic carbocycles. The first kappa shape index (κ1) is 29.3. The van der Waals surface area contributed by atoms with E-state index in [2.05, 4.69) is 25.0 Å². The maximum atomic E-state index is 9.97. The first-order valence-corrected chi connectivity index (χ1v) is 12.6. The number of carboxylic acids is 2. The zero-order chi connectivity index (χ0) is 21.3. The molecule has 28 heavy (non-hydrogen) atoms. The van der Waals surface area contributed by atoms with E-state index < -0.39 is 11.9 Å². The Bertz CT molecular complexity index is 382. The Balaban J connectivity index is 0. The third kappa shape index (κ3) is 32.8. The summed E-state index contributed by atoms with van der Waals surface area (Å²) in [5, 5.41) is 20.4. The molecule has 164 valence electrons. The Kier molecular flexibility index (Phi) is 27.4. The van der Waals surface area contributed by atoms with Crippen LogP contribution in [0.3, 0.4) is 0 Å². The second-order valence-electron chi connectivity index (χ2n) is 6.55. The Morgan fingerprint density at radius 2 is 1.29 bits per heavy atom. The highest BCUT2D eigenvalue weighted by Crippen LogP contribution is 2.12. The minimum absolute atomic E-state index is 0.101. The fourth-order valence-electron chi connectivity index (χ4n) is 2.35. The van der Waals surface area contributed by atoms with E-state index in [4.69, 9.17) is 10.2 Å². The summed E-state index contributed by atoms with van der Waals surface area (Å²) in [6.07, 6.45) is 17.9. The van der Waals surface area contributed by atoms with Crippen LogP contribution in [0.25, 0.3) is 0 Å². The molecular weight excluding hydrogens is 392 g/mol. The maximum absolute atomic E-state index is 9.97. The molecule has 6 heteroatoms. The molecule has 0 amide bonds. The number of carbonyl (C=O) groups is 2. The molecular formula is C22H40O4S2. The first-order chi connectivity index (χ1) is 13.5. The molecule has 0 saturated heterocycles. The molecule has 0 aromatic heterocycles. The molecule has 2 N–H and O–H groups in total. The van der Waals surface area contributed by atoms with Crippen molar-refractivity contribution in [3.05, 3.63) is 23.5 Å². The average molecular weight is 433 g/mol. The van der Waals surface area contributed by atoms with Gasteiger partial charge in [0.25, 0.3) is 0 Å². The van der Waals surface area contributed by atoms with Gasteiger partial charge in [-0.15, -0.1) is 11.8 Å². The molecule has 0 spiro atoms. The van der Waals surface area contributed by atoms with Gasteiger partial charge in [0.15, 0.2) is 0 Å².